The Labute approximate surface area is 116 Å². The number of hydrogen-bond donors (Lipinski definition) is 1. The number of nitrogens with zero attached hydrogens (tertiary/aromatic N) is 1. The molecule has 2 rings (SSSR count). The van der Waals surface area contributed by atoms with Gasteiger partial charge in [0.1, 0.15) is 0 Å². The number of ether oxygens (including phenoxy) is 1. The van der Waals surface area contributed by atoms with E-state index in [4.69, 9.17) is 4.74 Å². The molecule has 4 heteroatoms. The summed E-state index contributed by atoms with van der Waals surface area (Å²) in [5, 5.41) is 9.46. The number of likely N-dealkylation sites (N-methyl/N-ethyl adjacent to an activating group) is 1. The number of aliphatic carboxylic acids is 1. The van der Waals surface area contributed by atoms with Crippen molar-refractivity contribution in [1.29, 1.82) is 0 Å². The smallest absolute Gasteiger partial charge is 0.308 e. The number of carboxylic acids is 1. The predicted octanol–water partition coefficient (Wildman–Crippen LogP) is 2.38. The van der Waals surface area contributed by atoms with Crippen molar-refractivity contribution in [2.24, 2.45) is 11.8 Å². The van der Waals surface area contributed by atoms with E-state index in [-0.39, 0.29) is 12.0 Å². The molecule has 0 radical (unpaired) electrons. The molecule has 2 fully saturated rings. The van der Waals surface area contributed by atoms with E-state index >= 15 is 0 Å². The van der Waals surface area contributed by atoms with Gasteiger partial charge in [-0.2, -0.15) is 0 Å². The molecule has 1 aliphatic heterocycles. The normalized spacial score (nSPS) is 35.7. The number of hydrogen-bond acceptors (Lipinski definition) is 3. The van der Waals surface area contributed by atoms with Crippen LogP contribution in [-0.4, -0.2) is 48.3 Å². The fourth-order valence-corrected chi connectivity index (χ4v) is 3.75. The monoisotopic (exact) mass is 269 g/mol. The Kier molecular flexibility index (Phi) is 5.22. The van der Waals surface area contributed by atoms with E-state index in [1.54, 1.807) is 0 Å². The van der Waals surface area contributed by atoms with Crippen molar-refractivity contribution in [2.45, 2.75) is 57.5 Å². The van der Waals surface area contributed by atoms with Crippen molar-refractivity contribution < 1.29 is 14.6 Å². The van der Waals surface area contributed by atoms with Crippen molar-refractivity contribution >= 4 is 5.97 Å². The second-order valence-corrected chi connectivity index (χ2v) is 6.16. The highest BCUT2D eigenvalue weighted by atomic mass is 16.5. The maximum atomic E-state index is 11.5. The fraction of sp³-hybridized carbons (Fsp3) is 0.933. The molecule has 1 N–H and O–H groups in total. The first-order valence-electron chi connectivity index (χ1n) is 7.66. The summed E-state index contributed by atoms with van der Waals surface area (Å²) in [5.41, 5.74) is 0. The Morgan fingerprint density at radius 2 is 2.16 bits per heavy atom. The first-order valence-corrected chi connectivity index (χ1v) is 7.66. The summed E-state index contributed by atoms with van der Waals surface area (Å²) in [5.74, 6) is -0.111. The lowest BCUT2D eigenvalue weighted by molar-refractivity contribution is -0.146. The Morgan fingerprint density at radius 1 is 1.37 bits per heavy atom. The molecule has 1 aliphatic carbocycles. The number of carbonyl (C=O) groups is 1. The highest BCUT2D eigenvalue weighted by molar-refractivity contribution is 5.71. The third kappa shape index (κ3) is 3.48. The van der Waals surface area contributed by atoms with E-state index in [2.05, 4.69) is 18.9 Å². The van der Waals surface area contributed by atoms with Gasteiger partial charge in [-0.25, -0.2) is 0 Å². The van der Waals surface area contributed by atoms with Crippen LogP contribution in [0, 0.1) is 11.8 Å². The van der Waals surface area contributed by atoms with E-state index in [9.17, 15) is 9.90 Å². The van der Waals surface area contributed by atoms with E-state index in [1.165, 1.54) is 12.8 Å². The lowest BCUT2D eigenvalue weighted by atomic mass is 9.75. The zero-order valence-corrected chi connectivity index (χ0v) is 12.2. The van der Waals surface area contributed by atoms with Crippen molar-refractivity contribution in [3.63, 3.8) is 0 Å². The quantitative estimate of drug-likeness (QED) is 0.832. The second kappa shape index (κ2) is 6.71. The van der Waals surface area contributed by atoms with Crippen LogP contribution >= 0.6 is 0 Å². The summed E-state index contributed by atoms with van der Waals surface area (Å²) in [4.78, 5) is 13.8. The Hall–Kier alpha value is -0.610. The molecule has 1 saturated heterocycles. The largest absolute Gasteiger partial charge is 0.481 e. The molecule has 4 unspecified atom stereocenters. The molecule has 0 spiro atoms. The first kappa shape index (κ1) is 14.8. The van der Waals surface area contributed by atoms with E-state index in [1.807, 2.05) is 0 Å². The van der Waals surface area contributed by atoms with E-state index in [0.29, 0.717) is 12.0 Å². The van der Waals surface area contributed by atoms with Crippen LogP contribution in [0.1, 0.15) is 45.4 Å². The van der Waals surface area contributed by atoms with E-state index in [0.717, 1.165) is 38.9 Å². The van der Waals surface area contributed by atoms with Crippen LogP contribution in [0.25, 0.3) is 0 Å². The summed E-state index contributed by atoms with van der Waals surface area (Å²) in [7, 11) is 2.09. The molecule has 1 saturated carbocycles. The van der Waals surface area contributed by atoms with Crippen LogP contribution in [0.5, 0.6) is 0 Å². The SMILES string of the molecule is CCCC1CCC(C(=O)O)C(N(C)C2CCOC2)C1. The topological polar surface area (TPSA) is 49.8 Å². The zero-order valence-electron chi connectivity index (χ0n) is 12.2. The van der Waals surface area contributed by atoms with Crippen molar-refractivity contribution in [3.05, 3.63) is 0 Å². The lowest BCUT2D eigenvalue weighted by Crippen LogP contribution is -2.49. The molecule has 4 atom stereocenters. The minimum absolute atomic E-state index is 0.189. The zero-order chi connectivity index (χ0) is 13.8. The first-order chi connectivity index (χ1) is 9.13. The Balaban J connectivity index is 2.03. The average molecular weight is 269 g/mol. The summed E-state index contributed by atoms with van der Waals surface area (Å²) < 4.78 is 5.45. The predicted molar refractivity (Wildman–Crippen MR) is 74.1 cm³/mol. The van der Waals surface area contributed by atoms with Gasteiger partial charge in [0.15, 0.2) is 0 Å². The second-order valence-electron chi connectivity index (χ2n) is 6.16. The molecule has 1 heterocycles. The molecular formula is C15H27NO3. The average Bonchev–Trinajstić information content (AvgIpc) is 2.91. The maximum absolute atomic E-state index is 11.5. The fourth-order valence-electron chi connectivity index (χ4n) is 3.75. The molecule has 110 valence electrons. The standard InChI is InChI=1S/C15H27NO3/c1-3-4-11-5-6-13(15(17)18)14(9-11)16(2)12-7-8-19-10-12/h11-14H,3-10H2,1-2H3,(H,17,18). The highest BCUT2D eigenvalue weighted by Gasteiger charge is 2.39. The van der Waals surface area contributed by atoms with Crippen LogP contribution in [-0.2, 0) is 9.53 Å². The van der Waals surface area contributed by atoms with Gasteiger partial charge in [0.2, 0.25) is 0 Å². The van der Waals surface area contributed by atoms with Gasteiger partial charge < -0.3 is 9.84 Å². The van der Waals surface area contributed by atoms with E-state index < -0.39 is 5.97 Å². The van der Waals surface area contributed by atoms with Gasteiger partial charge in [-0.05, 0) is 38.6 Å². The van der Waals surface area contributed by atoms with Gasteiger partial charge in [0.25, 0.3) is 0 Å². The van der Waals surface area contributed by atoms with Crippen molar-refractivity contribution in [1.82, 2.24) is 4.90 Å². The summed E-state index contributed by atoms with van der Waals surface area (Å²) in [6.45, 7) is 3.79. The Morgan fingerprint density at radius 3 is 2.74 bits per heavy atom. The Bertz CT molecular complexity index is 302. The molecule has 19 heavy (non-hydrogen) atoms. The minimum atomic E-state index is -0.620. The molecule has 0 amide bonds. The molecule has 4 nitrogen and oxygen atoms in total. The lowest BCUT2D eigenvalue weighted by Gasteiger charge is -2.41. The molecule has 0 aromatic rings. The summed E-state index contributed by atoms with van der Waals surface area (Å²) in [6.07, 6.45) is 6.43. The van der Waals surface area contributed by atoms with Crippen LogP contribution < -0.4 is 0 Å². The van der Waals surface area contributed by atoms with Gasteiger partial charge >= 0.3 is 5.97 Å². The maximum Gasteiger partial charge on any atom is 0.308 e. The van der Waals surface area contributed by atoms with Gasteiger partial charge in [0, 0.05) is 18.7 Å². The van der Waals surface area contributed by atoms with Gasteiger partial charge in [-0.1, -0.05) is 19.8 Å². The van der Waals surface area contributed by atoms with Gasteiger partial charge in [-0.15, -0.1) is 0 Å². The third-order valence-electron chi connectivity index (χ3n) is 4.94. The molecule has 0 aromatic heterocycles. The number of carboxylic acid groups (broad SMARTS) is 1. The van der Waals surface area contributed by atoms with Crippen molar-refractivity contribution in [3.8, 4) is 0 Å². The van der Waals surface area contributed by atoms with Crippen LogP contribution in [0.3, 0.4) is 0 Å². The van der Waals surface area contributed by atoms with Crippen LogP contribution in [0.4, 0.5) is 0 Å². The molecule has 0 aromatic carbocycles. The molecule has 2 aliphatic rings. The van der Waals surface area contributed by atoms with Crippen molar-refractivity contribution in [2.75, 3.05) is 20.3 Å². The third-order valence-corrected chi connectivity index (χ3v) is 4.94. The summed E-state index contributed by atoms with van der Waals surface area (Å²) in [6, 6.07) is 0.599. The van der Waals surface area contributed by atoms with Gasteiger partial charge in [0.05, 0.1) is 12.5 Å². The minimum Gasteiger partial charge on any atom is -0.481 e. The van der Waals surface area contributed by atoms with Crippen LogP contribution in [0.2, 0.25) is 0 Å². The molecule has 0 bridgehead atoms. The number of rotatable bonds is 5. The summed E-state index contributed by atoms with van der Waals surface area (Å²) >= 11 is 0. The highest BCUT2D eigenvalue weighted by Crippen LogP contribution is 2.36. The van der Waals surface area contributed by atoms with Crippen LogP contribution in [0.15, 0.2) is 0 Å². The molecular weight excluding hydrogens is 242 g/mol. The van der Waals surface area contributed by atoms with Gasteiger partial charge in [-0.3, -0.25) is 9.69 Å².